The number of carbonyl (C=O) groups is 2. The molecule has 0 bridgehead atoms. The van der Waals surface area contributed by atoms with Crippen molar-refractivity contribution in [2.24, 2.45) is 0 Å². The van der Waals surface area contributed by atoms with Crippen molar-refractivity contribution in [1.82, 2.24) is 4.90 Å². The SMILES string of the molecule is Cc1ccc(C2/C(=C(/O)c3cccc([N+](=O)[O-])c3)C(=O)C(=O)N2CCOCCO)cc1. The molecule has 0 spiro atoms. The molecule has 0 saturated carbocycles. The number of Topliss-reactive ketones (excluding diaryl/α,β-unsaturated/α-hetero) is 1. The van der Waals surface area contributed by atoms with Crippen molar-refractivity contribution in [1.29, 1.82) is 0 Å². The van der Waals surface area contributed by atoms with E-state index in [4.69, 9.17) is 9.84 Å². The highest BCUT2D eigenvalue weighted by Crippen LogP contribution is 2.39. The Morgan fingerprint density at radius 2 is 1.87 bits per heavy atom. The van der Waals surface area contributed by atoms with Gasteiger partial charge in [0.2, 0.25) is 0 Å². The Morgan fingerprint density at radius 1 is 1.16 bits per heavy atom. The Morgan fingerprint density at radius 3 is 2.52 bits per heavy atom. The van der Waals surface area contributed by atoms with E-state index >= 15 is 0 Å². The number of aliphatic hydroxyl groups is 2. The molecule has 1 unspecified atom stereocenters. The first-order valence-corrected chi connectivity index (χ1v) is 9.63. The van der Waals surface area contributed by atoms with Crippen LogP contribution in [0.5, 0.6) is 0 Å². The van der Waals surface area contributed by atoms with E-state index in [2.05, 4.69) is 0 Å². The number of ketones is 1. The Hall–Kier alpha value is -3.56. The van der Waals surface area contributed by atoms with Crippen LogP contribution in [0.25, 0.3) is 5.76 Å². The Balaban J connectivity index is 2.09. The molecule has 1 fully saturated rings. The third-order valence-electron chi connectivity index (χ3n) is 4.98. The van der Waals surface area contributed by atoms with E-state index in [9.17, 15) is 24.8 Å². The van der Waals surface area contributed by atoms with Gasteiger partial charge in [-0.1, -0.05) is 42.0 Å². The first kappa shape index (κ1) is 22.1. The highest BCUT2D eigenvalue weighted by atomic mass is 16.6. The number of aryl methyl sites for hydroxylation is 1. The Labute approximate surface area is 178 Å². The average molecular weight is 426 g/mol. The molecule has 1 heterocycles. The summed E-state index contributed by atoms with van der Waals surface area (Å²) in [4.78, 5) is 37.4. The van der Waals surface area contributed by atoms with Crippen LogP contribution in [0.4, 0.5) is 5.69 Å². The maximum atomic E-state index is 12.9. The molecule has 1 aliphatic rings. The van der Waals surface area contributed by atoms with Crippen molar-refractivity contribution in [2.45, 2.75) is 13.0 Å². The number of nitro benzene ring substituents is 1. The summed E-state index contributed by atoms with van der Waals surface area (Å²) in [7, 11) is 0. The lowest BCUT2D eigenvalue weighted by Gasteiger charge is -2.25. The first-order valence-electron chi connectivity index (χ1n) is 9.63. The van der Waals surface area contributed by atoms with Crippen LogP contribution in [0, 0.1) is 17.0 Å². The van der Waals surface area contributed by atoms with Crippen LogP contribution in [0.3, 0.4) is 0 Å². The highest BCUT2D eigenvalue weighted by molar-refractivity contribution is 6.46. The van der Waals surface area contributed by atoms with E-state index in [0.29, 0.717) is 5.56 Å². The standard InChI is InChI=1S/C22H22N2O7/c1-14-5-7-15(8-6-14)19-18(20(26)16-3-2-4-17(13-16)24(29)30)21(27)22(28)23(19)9-11-31-12-10-25/h2-8,13,19,25-26H,9-12H2,1H3/b20-18-. The summed E-state index contributed by atoms with van der Waals surface area (Å²) in [6.07, 6.45) is 0. The van der Waals surface area contributed by atoms with Crippen molar-refractivity contribution in [3.05, 3.63) is 80.9 Å². The molecule has 9 nitrogen and oxygen atoms in total. The van der Waals surface area contributed by atoms with Crippen LogP contribution in [0.2, 0.25) is 0 Å². The zero-order valence-electron chi connectivity index (χ0n) is 16.9. The fraction of sp³-hybridized carbons (Fsp3) is 0.273. The minimum Gasteiger partial charge on any atom is -0.507 e. The second-order valence-electron chi connectivity index (χ2n) is 7.05. The molecule has 2 aromatic carbocycles. The van der Waals surface area contributed by atoms with Gasteiger partial charge in [-0.25, -0.2) is 0 Å². The van der Waals surface area contributed by atoms with Gasteiger partial charge >= 0.3 is 0 Å². The maximum absolute atomic E-state index is 12.9. The summed E-state index contributed by atoms with van der Waals surface area (Å²) in [6, 6.07) is 11.5. The van der Waals surface area contributed by atoms with Gasteiger partial charge in [-0.3, -0.25) is 19.7 Å². The zero-order chi connectivity index (χ0) is 22.5. The molecule has 1 amide bonds. The second kappa shape index (κ2) is 9.50. The van der Waals surface area contributed by atoms with Gasteiger partial charge in [0.25, 0.3) is 17.4 Å². The van der Waals surface area contributed by atoms with Gasteiger partial charge in [0.05, 0.1) is 36.4 Å². The number of likely N-dealkylation sites (tertiary alicyclic amines) is 1. The van der Waals surface area contributed by atoms with Crippen LogP contribution >= 0.6 is 0 Å². The van der Waals surface area contributed by atoms with Crippen LogP contribution in [-0.4, -0.2) is 58.1 Å². The monoisotopic (exact) mass is 426 g/mol. The van der Waals surface area contributed by atoms with Gasteiger partial charge in [-0.2, -0.15) is 0 Å². The number of benzene rings is 2. The summed E-state index contributed by atoms with van der Waals surface area (Å²) in [6.45, 7) is 1.97. The van der Waals surface area contributed by atoms with Crippen LogP contribution in [0.15, 0.2) is 54.1 Å². The lowest BCUT2D eigenvalue weighted by atomic mass is 9.94. The van der Waals surface area contributed by atoms with Crippen molar-refractivity contribution >= 4 is 23.1 Å². The lowest BCUT2D eigenvalue weighted by molar-refractivity contribution is -0.384. The fourth-order valence-electron chi connectivity index (χ4n) is 3.46. The number of non-ortho nitro benzene ring substituents is 1. The molecule has 2 aromatic rings. The fourth-order valence-corrected chi connectivity index (χ4v) is 3.46. The summed E-state index contributed by atoms with van der Waals surface area (Å²) < 4.78 is 5.25. The number of nitro groups is 1. The molecule has 31 heavy (non-hydrogen) atoms. The van der Waals surface area contributed by atoms with E-state index in [0.717, 1.165) is 11.6 Å². The van der Waals surface area contributed by atoms with Gasteiger partial charge in [-0.15, -0.1) is 0 Å². The van der Waals surface area contributed by atoms with Gasteiger partial charge in [0.1, 0.15) is 5.76 Å². The number of nitrogens with zero attached hydrogens (tertiary/aromatic N) is 2. The maximum Gasteiger partial charge on any atom is 0.295 e. The highest BCUT2D eigenvalue weighted by Gasteiger charge is 2.45. The number of ether oxygens (including phenoxy) is 1. The third-order valence-corrected chi connectivity index (χ3v) is 4.98. The third kappa shape index (κ3) is 4.62. The Kier molecular flexibility index (Phi) is 6.78. The van der Waals surface area contributed by atoms with Crippen molar-refractivity contribution in [3.63, 3.8) is 0 Å². The van der Waals surface area contributed by atoms with Crippen LogP contribution < -0.4 is 0 Å². The lowest BCUT2D eigenvalue weighted by Crippen LogP contribution is -2.33. The molecule has 162 valence electrons. The summed E-state index contributed by atoms with van der Waals surface area (Å²) in [5.41, 5.74) is 1.27. The first-order chi connectivity index (χ1) is 14.8. The minimum absolute atomic E-state index is 0.0643. The van der Waals surface area contributed by atoms with E-state index in [1.165, 1.54) is 23.1 Å². The molecule has 1 saturated heterocycles. The molecule has 0 aromatic heterocycles. The van der Waals surface area contributed by atoms with Gasteiger partial charge < -0.3 is 19.8 Å². The van der Waals surface area contributed by atoms with E-state index in [-0.39, 0.29) is 43.2 Å². The van der Waals surface area contributed by atoms with Crippen molar-refractivity contribution < 1.29 is 29.5 Å². The zero-order valence-corrected chi connectivity index (χ0v) is 16.9. The molecule has 0 radical (unpaired) electrons. The number of amides is 1. The van der Waals surface area contributed by atoms with Crippen LogP contribution in [0.1, 0.15) is 22.7 Å². The number of hydrogen-bond donors (Lipinski definition) is 2. The predicted octanol–water partition coefficient (Wildman–Crippen LogP) is 2.33. The largest absolute Gasteiger partial charge is 0.507 e. The smallest absolute Gasteiger partial charge is 0.295 e. The van der Waals surface area contributed by atoms with Gasteiger partial charge in [-0.05, 0) is 12.5 Å². The molecular weight excluding hydrogens is 404 g/mol. The van der Waals surface area contributed by atoms with Gasteiger partial charge in [0.15, 0.2) is 0 Å². The van der Waals surface area contributed by atoms with Crippen molar-refractivity contribution in [2.75, 3.05) is 26.4 Å². The van der Waals surface area contributed by atoms with Crippen LogP contribution in [-0.2, 0) is 14.3 Å². The summed E-state index contributed by atoms with van der Waals surface area (Å²) in [5.74, 6) is -2.16. The molecule has 9 heteroatoms. The molecule has 0 aliphatic carbocycles. The number of rotatable bonds is 8. The number of carbonyl (C=O) groups excluding carboxylic acids is 2. The second-order valence-corrected chi connectivity index (χ2v) is 7.05. The predicted molar refractivity (Wildman–Crippen MR) is 111 cm³/mol. The normalized spacial score (nSPS) is 17.9. The number of aliphatic hydroxyl groups excluding tert-OH is 2. The topological polar surface area (TPSA) is 130 Å². The summed E-state index contributed by atoms with van der Waals surface area (Å²) >= 11 is 0. The summed E-state index contributed by atoms with van der Waals surface area (Å²) in [5, 5.41) is 30.9. The van der Waals surface area contributed by atoms with Gasteiger partial charge in [0, 0.05) is 24.2 Å². The molecule has 1 aliphatic heterocycles. The molecule has 2 N–H and O–H groups in total. The van der Waals surface area contributed by atoms with Crippen molar-refractivity contribution in [3.8, 4) is 0 Å². The minimum atomic E-state index is -0.878. The average Bonchev–Trinajstić information content (AvgIpc) is 3.01. The Bertz CT molecular complexity index is 1030. The quantitative estimate of drug-likeness (QED) is 0.165. The molecular formula is C22H22N2O7. The molecule has 3 rings (SSSR count). The van der Waals surface area contributed by atoms with E-state index < -0.39 is 28.4 Å². The number of hydrogen-bond acceptors (Lipinski definition) is 7. The van der Waals surface area contributed by atoms with E-state index in [1.807, 2.05) is 19.1 Å². The van der Waals surface area contributed by atoms with E-state index in [1.54, 1.807) is 12.1 Å². The molecule has 1 atom stereocenters.